The largest absolute Gasteiger partial charge is 0.390 e. The number of nitrogens with one attached hydrogen (secondary N) is 1. The summed E-state index contributed by atoms with van der Waals surface area (Å²) in [7, 11) is 0. The first-order valence-electron chi connectivity index (χ1n) is 6.67. The fraction of sp³-hybridized carbons (Fsp3) is 0.600. The van der Waals surface area contributed by atoms with E-state index in [9.17, 15) is 5.11 Å². The zero-order chi connectivity index (χ0) is 13.6. The van der Waals surface area contributed by atoms with Gasteiger partial charge in [0.25, 0.3) is 0 Å². The van der Waals surface area contributed by atoms with E-state index in [-0.39, 0.29) is 36.4 Å². The number of nitrogens with two attached hydrogens (primary N) is 1. The maximum atomic E-state index is 10.1. The summed E-state index contributed by atoms with van der Waals surface area (Å²) in [5.41, 5.74) is 7.24. The van der Waals surface area contributed by atoms with E-state index in [1.807, 2.05) is 30.3 Å². The summed E-state index contributed by atoms with van der Waals surface area (Å²) >= 11 is 0. The fourth-order valence-electron chi connectivity index (χ4n) is 1.68. The molecule has 4 N–H and O–H groups in total. The van der Waals surface area contributed by atoms with Crippen molar-refractivity contribution in [1.82, 2.24) is 5.32 Å². The number of hydrogen-bond acceptors (Lipinski definition) is 3. The Bertz CT molecular complexity index is 347. The Kier molecular flexibility index (Phi) is 11.4. The number of benzene rings is 1. The van der Waals surface area contributed by atoms with E-state index in [0.717, 1.165) is 6.42 Å². The number of β-amino-alcohol motifs (C(OH)–C–C–N with tert-alkyl or cyclic N) is 1. The molecule has 1 aromatic carbocycles. The van der Waals surface area contributed by atoms with Gasteiger partial charge in [0, 0.05) is 18.1 Å². The van der Waals surface area contributed by atoms with Crippen LogP contribution in [0.4, 0.5) is 0 Å². The van der Waals surface area contributed by atoms with Gasteiger partial charge >= 0.3 is 0 Å². The molecule has 20 heavy (non-hydrogen) atoms. The smallest absolute Gasteiger partial charge is 0.0818 e. The summed E-state index contributed by atoms with van der Waals surface area (Å²) in [6, 6.07) is 9.82. The highest BCUT2D eigenvalue weighted by Gasteiger charge is 2.19. The van der Waals surface area contributed by atoms with E-state index < -0.39 is 6.10 Å². The third kappa shape index (κ3) is 8.08. The molecule has 0 heterocycles. The Hall–Kier alpha value is -0.320. The summed E-state index contributed by atoms with van der Waals surface area (Å²) in [6.45, 7) is 6.92. The topological polar surface area (TPSA) is 58.3 Å². The van der Waals surface area contributed by atoms with Crippen molar-refractivity contribution in [2.75, 3.05) is 6.54 Å². The lowest BCUT2D eigenvalue weighted by Crippen LogP contribution is -2.49. The molecule has 5 heteroatoms. The first-order valence-corrected chi connectivity index (χ1v) is 6.67. The predicted octanol–water partition coefficient (Wildman–Crippen LogP) is 2.54. The molecule has 118 valence electrons. The van der Waals surface area contributed by atoms with E-state index >= 15 is 0 Å². The van der Waals surface area contributed by atoms with Gasteiger partial charge in [-0.3, -0.25) is 0 Å². The van der Waals surface area contributed by atoms with Crippen LogP contribution in [0.2, 0.25) is 0 Å². The van der Waals surface area contributed by atoms with Crippen LogP contribution in [-0.4, -0.2) is 29.3 Å². The second-order valence-electron chi connectivity index (χ2n) is 5.54. The van der Waals surface area contributed by atoms with Crippen LogP contribution >= 0.6 is 24.8 Å². The Morgan fingerprint density at radius 3 is 2.25 bits per heavy atom. The maximum Gasteiger partial charge on any atom is 0.0818 e. The molecule has 0 amide bonds. The van der Waals surface area contributed by atoms with E-state index in [1.165, 1.54) is 5.56 Å². The third-order valence-electron chi connectivity index (χ3n) is 3.48. The molecule has 1 rings (SSSR count). The average Bonchev–Trinajstić information content (AvgIpc) is 2.37. The van der Waals surface area contributed by atoms with Crippen LogP contribution in [0.25, 0.3) is 0 Å². The summed E-state index contributed by atoms with van der Waals surface area (Å²) in [5.74, 6) is 0. The Morgan fingerprint density at radius 1 is 1.20 bits per heavy atom. The zero-order valence-electron chi connectivity index (χ0n) is 12.5. The highest BCUT2D eigenvalue weighted by molar-refractivity contribution is 5.85. The second kappa shape index (κ2) is 10.4. The first-order chi connectivity index (χ1) is 8.44. The molecule has 0 fully saturated rings. The van der Waals surface area contributed by atoms with Gasteiger partial charge in [-0.05, 0) is 32.3 Å². The summed E-state index contributed by atoms with van der Waals surface area (Å²) in [5, 5.41) is 13.4. The molecule has 0 aliphatic rings. The van der Waals surface area contributed by atoms with Gasteiger partial charge in [-0.25, -0.2) is 0 Å². The van der Waals surface area contributed by atoms with Gasteiger partial charge in [-0.15, -0.1) is 24.8 Å². The van der Waals surface area contributed by atoms with Crippen LogP contribution in [0.5, 0.6) is 0 Å². The minimum atomic E-state index is -0.518. The van der Waals surface area contributed by atoms with Crippen molar-refractivity contribution < 1.29 is 5.11 Å². The monoisotopic (exact) mass is 322 g/mol. The van der Waals surface area contributed by atoms with Crippen molar-refractivity contribution in [1.29, 1.82) is 0 Å². The predicted molar refractivity (Wildman–Crippen MR) is 91.0 cm³/mol. The van der Waals surface area contributed by atoms with Crippen LogP contribution in [0.15, 0.2) is 30.3 Å². The molecular weight excluding hydrogens is 295 g/mol. The Morgan fingerprint density at radius 2 is 1.75 bits per heavy atom. The van der Waals surface area contributed by atoms with Gasteiger partial charge in [0.1, 0.15) is 0 Å². The van der Waals surface area contributed by atoms with Crippen molar-refractivity contribution in [2.45, 2.75) is 51.3 Å². The molecule has 0 saturated heterocycles. The number of aliphatic hydroxyl groups excluding tert-OH is 1. The van der Waals surface area contributed by atoms with Crippen molar-refractivity contribution in [3.63, 3.8) is 0 Å². The van der Waals surface area contributed by atoms with Crippen LogP contribution in [0.3, 0.4) is 0 Å². The van der Waals surface area contributed by atoms with E-state index in [0.29, 0.717) is 13.0 Å². The fourth-order valence-corrected chi connectivity index (χ4v) is 1.68. The molecule has 3 nitrogen and oxygen atoms in total. The standard InChI is InChI=1S/C15H26N2O.2ClH/c1-4-15(2,3)17-11-14(18)13(16)10-12-8-6-5-7-9-12;;/h5-9,13-14,17-18H,4,10-11,16H2,1-3H3;2*1H/t13-,14+;;/m0../s1. The van der Waals surface area contributed by atoms with Gasteiger partial charge in [-0.1, -0.05) is 37.3 Å². The first kappa shape index (κ1) is 22.0. The van der Waals surface area contributed by atoms with Gasteiger partial charge in [-0.2, -0.15) is 0 Å². The van der Waals surface area contributed by atoms with Gasteiger partial charge in [0.05, 0.1) is 6.10 Å². The molecule has 0 radical (unpaired) electrons. The van der Waals surface area contributed by atoms with Gasteiger partial charge in [0.15, 0.2) is 0 Å². The van der Waals surface area contributed by atoms with Gasteiger partial charge < -0.3 is 16.2 Å². The van der Waals surface area contributed by atoms with Crippen molar-refractivity contribution in [2.24, 2.45) is 5.73 Å². The highest BCUT2D eigenvalue weighted by Crippen LogP contribution is 2.08. The molecule has 0 aromatic heterocycles. The molecule has 2 atom stereocenters. The number of halogens is 2. The van der Waals surface area contributed by atoms with Crippen LogP contribution < -0.4 is 11.1 Å². The highest BCUT2D eigenvalue weighted by atomic mass is 35.5. The summed E-state index contributed by atoms with van der Waals surface area (Å²) in [4.78, 5) is 0. The molecule has 0 unspecified atom stereocenters. The van der Waals surface area contributed by atoms with Crippen LogP contribution in [-0.2, 0) is 6.42 Å². The molecule has 0 aliphatic heterocycles. The number of aliphatic hydroxyl groups is 1. The summed E-state index contributed by atoms with van der Waals surface area (Å²) in [6.07, 6.45) is 1.21. The molecule has 0 saturated carbocycles. The lowest BCUT2D eigenvalue weighted by molar-refractivity contribution is 0.130. The van der Waals surface area contributed by atoms with Crippen LogP contribution in [0, 0.1) is 0 Å². The minimum absolute atomic E-state index is 0. The third-order valence-corrected chi connectivity index (χ3v) is 3.48. The summed E-state index contributed by atoms with van der Waals surface area (Å²) < 4.78 is 0. The SMILES string of the molecule is CCC(C)(C)NC[C@@H](O)[C@@H](N)Cc1ccccc1.Cl.Cl. The Balaban J connectivity index is 0. The molecule has 0 spiro atoms. The maximum absolute atomic E-state index is 10.1. The van der Waals surface area contributed by atoms with Crippen molar-refractivity contribution in [3.8, 4) is 0 Å². The number of hydrogen-bond donors (Lipinski definition) is 3. The van der Waals surface area contributed by atoms with E-state index in [1.54, 1.807) is 0 Å². The van der Waals surface area contributed by atoms with Crippen molar-refractivity contribution >= 4 is 24.8 Å². The normalized spacial score (nSPS) is 13.8. The van der Waals surface area contributed by atoms with Gasteiger partial charge in [0.2, 0.25) is 0 Å². The van der Waals surface area contributed by atoms with E-state index in [4.69, 9.17) is 5.73 Å². The average molecular weight is 323 g/mol. The lowest BCUT2D eigenvalue weighted by atomic mass is 9.99. The molecule has 0 bridgehead atoms. The molecule has 1 aromatic rings. The lowest BCUT2D eigenvalue weighted by Gasteiger charge is -2.28. The zero-order valence-corrected chi connectivity index (χ0v) is 14.1. The van der Waals surface area contributed by atoms with E-state index in [2.05, 4.69) is 26.1 Å². The molecule has 0 aliphatic carbocycles. The van der Waals surface area contributed by atoms with Crippen molar-refractivity contribution in [3.05, 3.63) is 35.9 Å². The molecular formula is C15H28Cl2N2O. The minimum Gasteiger partial charge on any atom is -0.390 e. The quantitative estimate of drug-likeness (QED) is 0.723. The number of rotatable bonds is 7. The van der Waals surface area contributed by atoms with Crippen LogP contribution in [0.1, 0.15) is 32.8 Å². The Labute approximate surface area is 135 Å². The second-order valence-corrected chi connectivity index (χ2v) is 5.54.